The molecule has 0 heterocycles. The van der Waals surface area contributed by atoms with Crippen LogP contribution in [0.2, 0.25) is 0 Å². The van der Waals surface area contributed by atoms with E-state index >= 15 is 0 Å². The van der Waals surface area contributed by atoms with Gasteiger partial charge < -0.3 is 0 Å². The highest BCUT2D eigenvalue weighted by Gasteiger charge is 2.18. The second-order valence-corrected chi connectivity index (χ2v) is 3.72. The Labute approximate surface area is 74.7 Å². The van der Waals surface area contributed by atoms with Crippen molar-refractivity contribution in [1.29, 1.82) is 0 Å². The van der Waals surface area contributed by atoms with Gasteiger partial charge >= 0.3 is 0 Å². The standard InChI is InChI=1S/C10H16S/c1-2-9-4-3-5-10(8-9)6-7-11/h6,9-10H,2-5,8H2,1H3. The zero-order valence-electron chi connectivity index (χ0n) is 7.18. The largest absolute Gasteiger partial charge is 0.0651 e. The average Bonchev–Trinajstić information content (AvgIpc) is 2.06. The molecular weight excluding hydrogens is 152 g/mol. The summed E-state index contributed by atoms with van der Waals surface area (Å²) in [6.07, 6.45) is 8.91. The van der Waals surface area contributed by atoms with E-state index in [-0.39, 0.29) is 0 Å². The van der Waals surface area contributed by atoms with Crippen LogP contribution in [0.3, 0.4) is 0 Å². The van der Waals surface area contributed by atoms with Crippen molar-refractivity contribution in [3.8, 4) is 0 Å². The lowest BCUT2D eigenvalue weighted by Gasteiger charge is -2.25. The highest BCUT2D eigenvalue weighted by atomic mass is 32.1. The molecule has 62 valence electrons. The highest BCUT2D eigenvalue weighted by molar-refractivity contribution is 7.78. The topological polar surface area (TPSA) is 0 Å². The molecule has 0 aromatic heterocycles. The molecule has 0 amide bonds. The highest BCUT2D eigenvalue weighted by Crippen LogP contribution is 2.30. The van der Waals surface area contributed by atoms with Crippen molar-refractivity contribution < 1.29 is 0 Å². The second kappa shape index (κ2) is 4.69. The summed E-state index contributed by atoms with van der Waals surface area (Å²) in [4.78, 5) is 0. The Morgan fingerprint density at radius 3 is 3.00 bits per heavy atom. The zero-order chi connectivity index (χ0) is 8.10. The summed E-state index contributed by atoms with van der Waals surface area (Å²) in [6.45, 7) is 2.29. The summed E-state index contributed by atoms with van der Waals surface area (Å²) in [5.41, 5.74) is 0. The van der Waals surface area contributed by atoms with Gasteiger partial charge in [-0.25, -0.2) is 0 Å². The van der Waals surface area contributed by atoms with Crippen molar-refractivity contribution in [2.75, 3.05) is 0 Å². The quantitative estimate of drug-likeness (QED) is 0.570. The van der Waals surface area contributed by atoms with E-state index in [0.717, 1.165) is 11.8 Å². The van der Waals surface area contributed by atoms with Gasteiger partial charge in [-0.3, -0.25) is 0 Å². The van der Waals surface area contributed by atoms with Crippen LogP contribution in [0, 0.1) is 11.8 Å². The molecule has 1 saturated carbocycles. The Morgan fingerprint density at radius 2 is 2.36 bits per heavy atom. The maximum Gasteiger partial charge on any atom is -0.0146 e. The number of rotatable bonds is 2. The summed E-state index contributed by atoms with van der Waals surface area (Å²) in [5.74, 6) is 1.69. The van der Waals surface area contributed by atoms with E-state index in [1.807, 2.05) is 0 Å². The molecule has 0 radical (unpaired) electrons. The summed E-state index contributed by atoms with van der Waals surface area (Å²) < 4.78 is 0. The second-order valence-electron chi connectivity index (χ2n) is 3.49. The molecule has 0 nitrogen and oxygen atoms in total. The lowest BCUT2D eigenvalue weighted by Crippen LogP contribution is -2.13. The maximum atomic E-state index is 4.70. The van der Waals surface area contributed by atoms with Gasteiger partial charge in [-0.2, -0.15) is 0 Å². The van der Waals surface area contributed by atoms with Crippen LogP contribution >= 0.6 is 12.2 Å². The van der Waals surface area contributed by atoms with Crippen LogP contribution in [0.25, 0.3) is 0 Å². The van der Waals surface area contributed by atoms with Crippen molar-refractivity contribution in [2.45, 2.75) is 39.0 Å². The molecule has 1 rings (SSSR count). The predicted octanol–water partition coefficient (Wildman–Crippen LogP) is 3.36. The summed E-state index contributed by atoms with van der Waals surface area (Å²) in [5, 5.41) is 2.74. The molecule has 11 heavy (non-hydrogen) atoms. The lowest BCUT2D eigenvalue weighted by molar-refractivity contribution is 0.299. The first-order chi connectivity index (χ1) is 5.36. The van der Waals surface area contributed by atoms with Gasteiger partial charge in [-0.05, 0) is 43.0 Å². The third-order valence-electron chi connectivity index (χ3n) is 2.70. The van der Waals surface area contributed by atoms with Gasteiger partial charge in [0.1, 0.15) is 0 Å². The minimum Gasteiger partial charge on any atom is -0.0651 e. The van der Waals surface area contributed by atoms with E-state index in [4.69, 9.17) is 12.2 Å². The number of thiocarbonyl (C=S) groups is 1. The summed E-state index contributed by atoms with van der Waals surface area (Å²) in [7, 11) is 0. The molecule has 0 bridgehead atoms. The molecule has 2 unspecified atom stereocenters. The van der Waals surface area contributed by atoms with Gasteiger partial charge in [0.15, 0.2) is 0 Å². The van der Waals surface area contributed by atoms with Crippen LogP contribution in [-0.4, -0.2) is 5.02 Å². The normalized spacial score (nSPS) is 31.0. The van der Waals surface area contributed by atoms with E-state index < -0.39 is 0 Å². The van der Waals surface area contributed by atoms with Crippen molar-refractivity contribution in [2.24, 2.45) is 11.8 Å². The summed E-state index contributed by atoms with van der Waals surface area (Å²) in [6, 6.07) is 0. The van der Waals surface area contributed by atoms with E-state index in [0.29, 0.717) is 0 Å². The van der Waals surface area contributed by atoms with E-state index in [9.17, 15) is 0 Å². The predicted molar refractivity (Wildman–Crippen MR) is 52.9 cm³/mol. The van der Waals surface area contributed by atoms with Gasteiger partial charge in [0.25, 0.3) is 0 Å². The minimum atomic E-state index is 0.742. The molecule has 1 aliphatic rings. The molecule has 1 heteroatoms. The van der Waals surface area contributed by atoms with Gasteiger partial charge in [-0.1, -0.05) is 31.2 Å². The first-order valence-corrected chi connectivity index (χ1v) is 4.98. The van der Waals surface area contributed by atoms with E-state index in [1.165, 1.54) is 32.1 Å². The molecule has 0 aromatic rings. The number of allylic oxidation sites excluding steroid dienone is 1. The fraction of sp³-hybridized carbons (Fsp3) is 0.800. The number of hydrogen-bond acceptors (Lipinski definition) is 1. The Kier molecular flexibility index (Phi) is 3.82. The Balaban J connectivity index is 2.38. The first kappa shape index (κ1) is 8.96. The SMILES string of the molecule is CCC1CCCC(C=C=S)C1. The van der Waals surface area contributed by atoms with Crippen LogP contribution in [0.4, 0.5) is 0 Å². The van der Waals surface area contributed by atoms with Crippen LogP contribution in [-0.2, 0) is 0 Å². The zero-order valence-corrected chi connectivity index (χ0v) is 7.99. The van der Waals surface area contributed by atoms with Crippen molar-refractivity contribution in [3.63, 3.8) is 0 Å². The first-order valence-electron chi connectivity index (χ1n) is 4.57. The number of hydrogen-bond donors (Lipinski definition) is 0. The fourth-order valence-corrected chi connectivity index (χ4v) is 2.14. The summed E-state index contributed by atoms with van der Waals surface area (Å²) >= 11 is 4.70. The van der Waals surface area contributed by atoms with Crippen LogP contribution in [0.1, 0.15) is 39.0 Å². The lowest BCUT2D eigenvalue weighted by atomic mass is 9.80. The third kappa shape index (κ3) is 2.76. The smallest absolute Gasteiger partial charge is 0.0146 e. The van der Waals surface area contributed by atoms with Gasteiger partial charge in [-0.15, -0.1) is 0 Å². The van der Waals surface area contributed by atoms with Crippen LogP contribution in [0.15, 0.2) is 6.08 Å². The van der Waals surface area contributed by atoms with Crippen LogP contribution in [0.5, 0.6) is 0 Å². The average molecular weight is 168 g/mol. The Bertz CT molecular complexity index is 156. The van der Waals surface area contributed by atoms with Gasteiger partial charge in [0, 0.05) is 0 Å². The third-order valence-corrected chi connectivity index (χ3v) is 2.84. The maximum absolute atomic E-state index is 4.70. The Hall–Kier alpha value is -0.130. The molecular formula is C10H16S. The van der Waals surface area contributed by atoms with Crippen molar-refractivity contribution in [3.05, 3.63) is 6.08 Å². The van der Waals surface area contributed by atoms with Crippen molar-refractivity contribution in [1.82, 2.24) is 0 Å². The van der Waals surface area contributed by atoms with Gasteiger partial charge in [0.05, 0.1) is 0 Å². The Morgan fingerprint density at radius 1 is 1.55 bits per heavy atom. The van der Waals surface area contributed by atoms with Crippen molar-refractivity contribution >= 4 is 17.2 Å². The molecule has 2 atom stereocenters. The van der Waals surface area contributed by atoms with Crippen LogP contribution < -0.4 is 0 Å². The molecule has 0 N–H and O–H groups in total. The fourth-order valence-electron chi connectivity index (χ4n) is 1.95. The molecule has 0 aromatic carbocycles. The molecule has 0 saturated heterocycles. The monoisotopic (exact) mass is 168 g/mol. The molecule has 1 aliphatic carbocycles. The molecule has 0 spiro atoms. The molecule has 1 fully saturated rings. The van der Waals surface area contributed by atoms with E-state index in [2.05, 4.69) is 18.0 Å². The van der Waals surface area contributed by atoms with E-state index in [1.54, 1.807) is 0 Å². The van der Waals surface area contributed by atoms with Gasteiger partial charge in [0.2, 0.25) is 0 Å². The minimum absolute atomic E-state index is 0.742. The molecule has 0 aliphatic heterocycles.